The second-order valence-corrected chi connectivity index (χ2v) is 9.86. The molecule has 1 aliphatic carbocycles. The summed E-state index contributed by atoms with van der Waals surface area (Å²) in [6, 6.07) is 2.00. The van der Waals surface area contributed by atoms with Gasteiger partial charge in [0.1, 0.15) is 11.1 Å². The lowest BCUT2D eigenvalue weighted by Gasteiger charge is -2.21. The van der Waals surface area contributed by atoms with Gasteiger partial charge in [-0.3, -0.25) is 14.4 Å². The number of thiophene rings is 1. The summed E-state index contributed by atoms with van der Waals surface area (Å²) in [4.78, 5) is 39.3. The number of rotatable bonds is 7. The molecule has 1 saturated heterocycles. The molecule has 2 amide bonds. The fourth-order valence-corrected chi connectivity index (χ4v) is 5.29. The summed E-state index contributed by atoms with van der Waals surface area (Å²) in [5, 5.41) is 9.78. The number of hydrogen-bond acceptors (Lipinski definition) is 5. The van der Waals surface area contributed by atoms with Crippen LogP contribution in [-0.2, 0) is 17.8 Å². The number of carbonyl (C=O) groups is 2. The van der Waals surface area contributed by atoms with E-state index in [0.717, 1.165) is 44.1 Å². The number of ether oxygens (including phenoxy) is 1. The van der Waals surface area contributed by atoms with E-state index in [2.05, 4.69) is 10.6 Å². The van der Waals surface area contributed by atoms with Crippen LogP contribution in [0.25, 0.3) is 0 Å². The van der Waals surface area contributed by atoms with Crippen LogP contribution in [-0.4, -0.2) is 35.1 Å². The van der Waals surface area contributed by atoms with Gasteiger partial charge in [-0.1, -0.05) is 32.1 Å². The van der Waals surface area contributed by atoms with E-state index in [1.54, 1.807) is 28.3 Å². The minimum atomic E-state index is -0.523. The summed E-state index contributed by atoms with van der Waals surface area (Å²) < 4.78 is 7.50. The third-order valence-corrected chi connectivity index (χ3v) is 7.21. The summed E-state index contributed by atoms with van der Waals surface area (Å²) in [6.45, 7) is 1.56. The molecule has 0 bridgehead atoms. The quantitative estimate of drug-likeness (QED) is 0.642. The molecule has 2 aromatic rings. The molecule has 1 atom stereocenters. The zero-order chi connectivity index (χ0) is 23.0. The van der Waals surface area contributed by atoms with Crippen molar-refractivity contribution >= 4 is 23.2 Å². The zero-order valence-electron chi connectivity index (χ0n) is 19.0. The predicted molar refractivity (Wildman–Crippen MR) is 129 cm³/mol. The second-order valence-electron chi connectivity index (χ2n) is 9.08. The molecule has 4 rings (SSSR count). The molecule has 1 saturated carbocycles. The first-order valence-corrected chi connectivity index (χ1v) is 13.0. The Morgan fingerprint density at radius 2 is 1.73 bits per heavy atom. The molecule has 2 aromatic heterocycles. The van der Waals surface area contributed by atoms with Gasteiger partial charge in [-0.15, -0.1) is 0 Å². The maximum atomic E-state index is 13.2. The summed E-state index contributed by atoms with van der Waals surface area (Å²) in [6.07, 6.45) is 12.7. The van der Waals surface area contributed by atoms with Crippen molar-refractivity contribution in [3.63, 3.8) is 0 Å². The Balaban J connectivity index is 1.55. The van der Waals surface area contributed by atoms with Crippen molar-refractivity contribution in [3.05, 3.63) is 56.1 Å². The molecule has 2 fully saturated rings. The van der Waals surface area contributed by atoms with Crippen molar-refractivity contribution in [1.29, 1.82) is 0 Å². The Kier molecular flexibility index (Phi) is 8.34. The van der Waals surface area contributed by atoms with Gasteiger partial charge in [0.25, 0.3) is 11.8 Å². The van der Waals surface area contributed by atoms with Crippen LogP contribution >= 0.6 is 11.3 Å². The van der Waals surface area contributed by atoms with Crippen LogP contribution in [0.4, 0.5) is 0 Å². The zero-order valence-corrected chi connectivity index (χ0v) is 19.8. The standard InChI is InChI=1S/C25H33N3O4S/c29-23-21(24(30)26-13-18-10-12-33-17-18)15-28(14-20-9-6-11-32-20)16-22(23)25(31)27-19-7-4-2-1-3-5-8-19/h10,12,15-17,19-20H,1-9,11,13-14H2,(H,26,30)(H,27,31). The van der Waals surface area contributed by atoms with Crippen molar-refractivity contribution < 1.29 is 14.3 Å². The van der Waals surface area contributed by atoms with E-state index in [1.165, 1.54) is 19.3 Å². The monoisotopic (exact) mass is 471 g/mol. The number of aromatic nitrogens is 1. The van der Waals surface area contributed by atoms with Gasteiger partial charge in [-0.25, -0.2) is 0 Å². The van der Waals surface area contributed by atoms with Crippen LogP contribution in [0.5, 0.6) is 0 Å². The maximum Gasteiger partial charge on any atom is 0.257 e. The molecular weight excluding hydrogens is 438 g/mol. The molecule has 2 N–H and O–H groups in total. The maximum absolute atomic E-state index is 13.2. The first-order chi connectivity index (χ1) is 16.1. The highest BCUT2D eigenvalue weighted by atomic mass is 32.1. The van der Waals surface area contributed by atoms with Gasteiger partial charge in [0.15, 0.2) is 0 Å². The minimum Gasteiger partial charge on any atom is -0.376 e. The number of nitrogens with one attached hydrogen (secondary N) is 2. The van der Waals surface area contributed by atoms with Gasteiger partial charge in [-0.2, -0.15) is 11.3 Å². The number of nitrogens with zero attached hydrogens (tertiary/aromatic N) is 1. The van der Waals surface area contributed by atoms with E-state index in [1.807, 2.05) is 16.8 Å². The average molecular weight is 472 g/mol. The van der Waals surface area contributed by atoms with E-state index in [0.29, 0.717) is 19.7 Å². The number of carbonyl (C=O) groups excluding carboxylic acids is 2. The summed E-state index contributed by atoms with van der Waals surface area (Å²) >= 11 is 1.55. The molecule has 178 valence electrons. The highest BCUT2D eigenvalue weighted by Crippen LogP contribution is 2.18. The molecule has 0 aromatic carbocycles. The number of pyridine rings is 1. The fourth-order valence-electron chi connectivity index (χ4n) is 4.62. The van der Waals surface area contributed by atoms with Crippen LogP contribution in [0.1, 0.15) is 84.1 Å². The highest BCUT2D eigenvalue weighted by Gasteiger charge is 2.23. The van der Waals surface area contributed by atoms with Crippen molar-refractivity contribution in [1.82, 2.24) is 15.2 Å². The molecule has 1 aliphatic heterocycles. The third kappa shape index (κ3) is 6.54. The number of hydrogen-bond donors (Lipinski definition) is 2. The van der Waals surface area contributed by atoms with Gasteiger partial charge in [0.2, 0.25) is 5.43 Å². The van der Waals surface area contributed by atoms with Gasteiger partial charge < -0.3 is 19.9 Å². The Hall–Kier alpha value is -2.45. The Morgan fingerprint density at radius 3 is 2.39 bits per heavy atom. The molecule has 8 heteroatoms. The normalized spacial score (nSPS) is 19.6. The second kappa shape index (κ2) is 11.6. The predicted octanol–water partition coefficient (Wildman–Crippen LogP) is 3.86. The topological polar surface area (TPSA) is 89.4 Å². The first-order valence-electron chi connectivity index (χ1n) is 12.1. The van der Waals surface area contributed by atoms with E-state index >= 15 is 0 Å². The molecule has 3 heterocycles. The lowest BCUT2D eigenvalue weighted by atomic mass is 9.96. The SMILES string of the molecule is O=C(NCc1ccsc1)c1cn(CC2CCCO2)cc(C(=O)NC2CCCCCCC2)c1=O. The Labute approximate surface area is 198 Å². The van der Waals surface area contributed by atoms with Gasteiger partial charge in [-0.05, 0) is 48.1 Å². The summed E-state index contributed by atoms with van der Waals surface area (Å²) in [5.74, 6) is -0.855. The minimum absolute atomic E-state index is 0.00598. The van der Waals surface area contributed by atoms with Crippen LogP contribution < -0.4 is 16.1 Å². The van der Waals surface area contributed by atoms with Crippen molar-refractivity contribution in [2.24, 2.45) is 0 Å². The Bertz CT molecular complexity index is 988. The lowest BCUT2D eigenvalue weighted by molar-refractivity contribution is 0.0914. The van der Waals surface area contributed by atoms with Crippen molar-refractivity contribution in [3.8, 4) is 0 Å². The molecule has 0 spiro atoms. The van der Waals surface area contributed by atoms with E-state index in [-0.39, 0.29) is 29.2 Å². The third-order valence-electron chi connectivity index (χ3n) is 6.48. The summed E-state index contributed by atoms with van der Waals surface area (Å²) in [7, 11) is 0. The van der Waals surface area contributed by atoms with E-state index in [9.17, 15) is 14.4 Å². The Morgan fingerprint density at radius 1 is 1.00 bits per heavy atom. The van der Waals surface area contributed by atoms with Crippen LogP contribution in [0, 0.1) is 0 Å². The van der Waals surface area contributed by atoms with Crippen LogP contribution in [0.15, 0.2) is 34.0 Å². The highest BCUT2D eigenvalue weighted by molar-refractivity contribution is 7.07. The van der Waals surface area contributed by atoms with Gasteiger partial charge in [0.05, 0.1) is 6.10 Å². The van der Waals surface area contributed by atoms with Gasteiger partial charge >= 0.3 is 0 Å². The van der Waals surface area contributed by atoms with Crippen molar-refractivity contribution in [2.75, 3.05) is 6.61 Å². The van der Waals surface area contributed by atoms with Crippen molar-refractivity contribution in [2.45, 2.75) is 83.0 Å². The molecular formula is C25H33N3O4S. The fraction of sp³-hybridized carbons (Fsp3) is 0.560. The average Bonchev–Trinajstić information content (AvgIpc) is 3.49. The molecule has 2 aliphatic rings. The van der Waals surface area contributed by atoms with Crippen LogP contribution in [0.2, 0.25) is 0 Å². The number of amides is 2. The van der Waals surface area contributed by atoms with Crippen LogP contribution in [0.3, 0.4) is 0 Å². The first kappa shape index (κ1) is 23.7. The molecule has 33 heavy (non-hydrogen) atoms. The summed E-state index contributed by atoms with van der Waals surface area (Å²) in [5.41, 5.74) is 0.475. The smallest absolute Gasteiger partial charge is 0.257 e. The van der Waals surface area contributed by atoms with Gasteiger partial charge in [0, 0.05) is 38.1 Å². The molecule has 0 radical (unpaired) electrons. The largest absolute Gasteiger partial charge is 0.376 e. The lowest BCUT2D eigenvalue weighted by Crippen LogP contribution is -2.40. The molecule has 1 unspecified atom stereocenters. The van der Waals surface area contributed by atoms with E-state index < -0.39 is 11.3 Å². The van der Waals surface area contributed by atoms with E-state index in [4.69, 9.17) is 4.74 Å². The molecule has 7 nitrogen and oxygen atoms in total.